The van der Waals surface area contributed by atoms with Gasteiger partial charge in [-0.25, -0.2) is 0 Å². The van der Waals surface area contributed by atoms with Gasteiger partial charge in [0.2, 0.25) is 0 Å². The first-order valence-electron chi connectivity index (χ1n) is 7.59. The molecule has 5 atom stereocenters. The molecule has 0 saturated carbocycles. The van der Waals surface area contributed by atoms with Crippen LogP contribution in [0.15, 0.2) is 0 Å². The largest absolute Gasteiger partial charge is 0.673 e. The van der Waals surface area contributed by atoms with Crippen molar-refractivity contribution in [2.45, 2.75) is 65.0 Å². The number of ether oxygens (including phenoxy) is 2. The van der Waals surface area contributed by atoms with E-state index in [9.17, 15) is 4.79 Å². The first kappa shape index (κ1) is 22.0. The van der Waals surface area contributed by atoms with E-state index in [-0.39, 0.29) is 80.2 Å². The Hall–Kier alpha value is 0.952. The first-order valence-corrected chi connectivity index (χ1v) is 7.59. The van der Waals surface area contributed by atoms with Crippen LogP contribution < -0.4 is 0 Å². The number of hydrogen-bond acceptors (Lipinski definition) is 4. The van der Waals surface area contributed by atoms with Crippen LogP contribution >= 0.6 is 0 Å². The van der Waals surface area contributed by atoms with Gasteiger partial charge in [0.15, 0.2) is 6.29 Å². The summed E-state index contributed by atoms with van der Waals surface area (Å²) in [5.41, 5.74) is 8.24. The van der Waals surface area contributed by atoms with Gasteiger partial charge >= 0.3 is 0 Å². The smallest absolute Gasteiger partial charge is 0.154 e. The number of ketones is 1. The molecular weight excluding hydrogens is 483 g/mol. The Labute approximate surface area is 164 Å². The van der Waals surface area contributed by atoms with Crippen LogP contribution in [0.5, 0.6) is 0 Å². The quantitative estimate of drug-likeness (QED) is 0.469. The van der Waals surface area contributed by atoms with Crippen LogP contribution in [0.1, 0.15) is 40.5 Å². The second-order valence-corrected chi connectivity index (χ2v) is 5.65. The van der Waals surface area contributed by atoms with E-state index in [2.05, 4.69) is 4.90 Å². The van der Waals surface area contributed by atoms with Gasteiger partial charge < -0.3 is 15.2 Å². The average molecular weight is 512 g/mol. The maximum absolute atomic E-state index is 11.7. The predicted octanol–water partition coefficient (Wildman–Crippen LogP) is 2.49. The van der Waals surface area contributed by atoms with Crippen molar-refractivity contribution in [3.63, 3.8) is 0 Å². The van der Waals surface area contributed by atoms with Gasteiger partial charge in [0.25, 0.3) is 0 Å². The zero-order chi connectivity index (χ0) is 15.3. The van der Waals surface area contributed by atoms with Crippen molar-refractivity contribution >= 4 is 5.78 Å². The summed E-state index contributed by atoms with van der Waals surface area (Å²) in [6, 6.07) is -0.168. The van der Waals surface area contributed by atoms with Gasteiger partial charge in [-0.2, -0.15) is 0 Å². The molecule has 0 aliphatic carbocycles. The van der Waals surface area contributed by atoms with Gasteiger partial charge in [0, 0.05) is 50.7 Å². The second-order valence-electron chi connectivity index (χ2n) is 5.65. The third-order valence-electron chi connectivity index (χ3n) is 4.24. The summed E-state index contributed by atoms with van der Waals surface area (Å²) in [5.74, 6) is 0.403. The minimum Gasteiger partial charge on any atom is -0.673 e. The zero-order valence-corrected chi connectivity index (χ0v) is 18.7. The Morgan fingerprint density at radius 2 is 2.00 bits per heavy atom. The van der Waals surface area contributed by atoms with Gasteiger partial charge in [-0.3, -0.25) is 9.69 Å². The maximum Gasteiger partial charge on any atom is 0.154 e. The van der Waals surface area contributed by atoms with Crippen molar-refractivity contribution in [3.05, 3.63) is 5.73 Å². The number of likely N-dealkylation sites (N-methyl/N-ethyl adjacent to an activating group) is 1. The summed E-state index contributed by atoms with van der Waals surface area (Å²) in [5, 5.41) is 0. The summed E-state index contributed by atoms with van der Waals surface area (Å²) >= 11 is 0. The van der Waals surface area contributed by atoms with E-state index in [0.717, 1.165) is 12.8 Å². The third kappa shape index (κ3) is 6.16. The molecule has 1 unspecified atom stereocenters. The molecule has 1 rings (SSSR count). The van der Waals surface area contributed by atoms with Crippen molar-refractivity contribution < 1.29 is 58.3 Å². The first-order chi connectivity index (χ1) is 9.42. The third-order valence-corrected chi connectivity index (χ3v) is 4.24. The Balaban J connectivity index is 0.00000400. The topological polar surface area (TPSA) is 62.6 Å². The number of nitrogens with zero attached hydrogens (tertiary/aromatic N) is 1. The van der Waals surface area contributed by atoms with Crippen molar-refractivity contribution in [1.29, 1.82) is 0 Å². The standard InChI is InChI=1S/C15H29N2O3.Ac/c1-6-13(16)15-12(9-20-11(4)19-7-2)8-14(10(3)18)17(15)5;/h11-16H,6-9H2,1-5H3;/q-1;/t11?,12-,13-,14+,15+;/m0./s1. The summed E-state index contributed by atoms with van der Waals surface area (Å²) < 4.78 is 11.1. The predicted molar refractivity (Wildman–Crippen MR) is 79.6 cm³/mol. The Kier molecular flexibility index (Phi) is 11.2. The normalized spacial score (nSPS) is 29.0. The second kappa shape index (κ2) is 10.7. The number of rotatable bonds is 8. The number of Topliss-reactive ketones (excluding diaryl/α,β-unsaturated/α-hetero) is 1. The van der Waals surface area contributed by atoms with Crippen LogP contribution in [0, 0.1) is 50.0 Å². The molecule has 121 valence electrons. The minimum absolute atomic E-state index is 0. The Bertz CT molecular complexity index is 317. The zero-order valence-electron chi connectivity index (χ0n) is 14.0. The molecule has 0 aromatic heterocycles. The van der Waals surface area contributed by atoms with E-state index in [1.807, 2.05) is 27.8 Å². The molecule has 0 bridgehead atoms. The molecule has 0 amide bonds. The van der Waals surface area contributed by atoms with Crippen LogP contribution in [-0.2, 0) is 14.3 Å². The SMILES string of the molecule is CCOC(C)OC[C@@H]1C[C@H](C(C)=O)N(C)[C@H]1[C@@H]([NH-])CC.[Ac]. The summed E-state index contributed by atoms with van der Waals surface area (Å²) in [4.78, 5) is 13.8. The van der Waals surface area contributed by atoms with Crippen LogP contribution in [-0.4, -0.2) is 55.4 Å². The average Bonchev–Trinajstić information content (AvgIpc) is 2.73. The van der Waals surface area contributed by atoms with E-state index in [4.69, 9.17) is 15.2 Å². The fraction of sp³-hybridized carbons (Fsp3) is 0.933. The Morgan fingerprint density at radius 3 is 2.48 bits per heavy atom. The molecule has 1 radical (unpaired) electrons. The van der Waals surface area contributed by atoms with Crippen LogP contribution in [0.3, 0.4) is 0 Å². The molecule has 5 nitrogen and oxygen atoms in total. The number of carbonyl (C=O) groups excluding carboxylic acids is 1. The number of hydrogen-bond donors (Lipinski definition) is 0. The van der Waals surface area contributed by atoms with E-state index >= 15 is 0 Å². The summed E-state index contributed by atoms with van der Waals surface area (Å²) in [6.45, 7) is 8.66. The molecule has 1 fully saturated rings. The van der Waals surface area contributed by atoms with Crippen molar-refractivity contribution in [2.75, 3.05) is 20.3 Å². The molecule has 1 saturated heterocycles. The molecule has 1 heterocycles. The number of nitrogens with one attached hydrogen (secondary N) is 1. The fourth-order valence-corrected chi connectivity index (χ4v) is 3.15. The van der Waals surface area contributed by atoms with E-state index in [1.165, 1.54) is 0 Å². The fourth-order valence-electron chi connectivity index (χ4n) is 3.15. The van der Waals surface area contributed by atoms with Crippen molar-refractivity contribution in [2.24, 2.45) is 5.92 Å². The number of carbonyl (C=O) groups is 1. The molecule has 1 N–H and O–H groups in total. The van der Waals surface area contributed by atoms with E-state index < -0.39 is 0 Å². The van der Waals surface area contributed by atoms with Crippen LogP contribution in [0.4, 0.5) is 0 Å². The molecule has 21 heavy (non-hydrogen) atoms. The molecule has 1 aliphatic heterocycles. The molecule has 0 spiro atoms. The van der Waals surface area contributed by atoms with Gasteiger partial charge in [-0.15, -0.1) is 6.04 Å². The van der Waals surface area contributed by atoms with Gasteiger partial charge in [0.05, 0.1) is 12.6 Å². The van der Waals surface area contributed by atoms with Crippen LogP contribution in [0.25, 0.3) is 5.73 Å². The summed E-state index contributed by atoms with van der Waals surface area (Å²) in [6.07, 6.45) is 1.34. The van der Waals surface area contributed by atoms with Crippen molar-refractivity contribution in [1.82, 2.24) is 4.90 Å². The summed E-state index contributed by atoms with van der Waals surface area (Å²) in [7, 11) is 1.96. The molecule has 0 aromatic rings. The van der Waals surface area contributed by atoms with E-state index in [1.54, 1.807) is 6.92 Å². The van der Waals surface area contributed by atoms with Crippen LogP contribution in [0.2, 0.25) is 0 Å². The molecular formula is C15H29AcN2O3-. The maximum atomic E-state index is 11.7. The van der Waals surface area contributed by atoms with Crippen molar-refractivity contribution in [3.8, 4) is 0 Å². The molecule has 1 aliphatic rings. The van der Waals surface area contributed by atoms with Gasteiger partial charge in [-0.1, -0.05) is 13.3 Å². The van der Waals surface area contributed by atoms with Gasteiger partial charge in [0.1, 0.15) is 5.78 Å². The Morgan fingerprint density at radius 1 is 1.38 bits per heavy atom. The number of likely N-dealkylation sites (tertiary alicyclic amines) is 1. The van der Waals surface area contributed by atoms with Gasteiger partial charge in [-0.05, 0) is 46.2 Å². The monoisotopic (exact) mass is 512 g/mol. The minimum atomic E-state index is -0.229. The molecule has 6 heteroatoms. The van der Waals surface area contributed by atoms with E-state index in [0.29, 0.717) is 13.2 Å². The molecule has 0 aromatic carbocycles.